The van der Waals surface area contributed by atoms with Gasteiger partial charge in [-0.2, -0.15) is 5.10 Å². The van der Waals surface area contributed by atoms with Crippen molar-refractivity contribution in [1.82, 2.24) is 14.8 Å². The van der Waals surface area contributed by atoms with Gasteiger partial charge in [-0.3, -0.25) is 4.68 Å². The van der Waals surface area contributed by atoms with Gasteiger partial charge in [0.2, 0.25) is 0 Å². The highest BCUT2D eigenvalue weighted by atomic mass is 16.5. The van der Waals surface area contributed by atoms with Crippen molar-refractivity contribution in [3.05, 3.63) is 24.0 Å². The zero-order valence-electron chi connectivity index (χ0n) is 9.56. The second kappa shape index (κ2) is 3.84. The number of methoxy groups -OCH3 is 1. The summed E-state index contributed by atoms with van der Waals surface area (Å²) in [6, 6.07) is 3.71. The lowest BCUT2D eigenvalue weighted by molar-refractivity contribution is 0.414. The van der Waals surface area contributed by atoms with Crippen LogP contribution in [0.1, 0.15) is 5.56 Å². The molecule has 16 heavy (non-hydrogen) atoms. The molecule has 0 aliphatic carbocycles. The maximum atomic E-state index is 5.81. The van der Waals surface area contributed by atoms with Gasteiger partial charge in [-0.15, -0.1) is 0 Å². The van der Waals surface area contributed by atoms with Crippen molar-refractivity contribution < 1.29 is 4.74 Å². The largest absolute Gasteiger partial charge is 0.494 e. The number of hydrogen-bond donors (Lipinski definition) is 1. The van der Waals surface area contributed by atoms with Crippen molar-refractivity contribution in [2.75, 3.05) is 12.8 Å². The van der Waals surface area contributed by atoms with Crippen LogP contribution in [0.5, 0.6) is 5.75 Å². The molecule has 5 nitrogen and oxygen atoms in total. The second-order valence-corrected chi connectivity index (χ2v) is 3.60. The van der Waals surface area contributed by atoms with Gasteiger partial charge in [0.25, 0.3) is 0 Å². The second-order valence-electron chi connectivity index (χ2n) is 3.60. The van der Waals surface area contributed by atoms with Crippen LogP contribution in [-0.2, 0) is 7.05 Å². The molecule has 5 heteroatoms. The minimum Gasteiger partial charge on any atom is -0.494 e. The number of benzene rings is 1. The summed E-state index contributed by atoms with van der Waals surface area (Å²) < 4.78 is 6.92. The predicted octanol–water partition coefficient (Wildman–Crippen LogP) is 1.38. The molecule has 0 radical (unpaired) electrons. The maximum absolute atomic E-state index is 5.81. The molecule has 2 N–H and O–H groups in total. The predicted molar refractivity (Wildman–Crippen MR) is 62.1 cm³/mol. The van der Waals surface area contributed by atoms with Crippen molar-refractivity contribution >= 4 is 5.69 Å². The van der Waals surface area contributed by atoms with Crippen molar-refractivity contribution in [3.8, 4) is 17.1 Å². The smallest absolute Gasteiger partial charge is 0.181 e. The van der Waals surface area contributed by atoms with Crippen LogP contribution in [0.3, 0.4) is 0 Å². The van der Waals surface area contributed by atoms with Crippen LogP contribution < -0.4 is 10.5 Å². The number of ether oxygens (including phenoxy) is 1. The fraction of sp³-hybridized carbons (Fsp3) is 0.273. The van der Waals surface area contributed by atoms with Gasteiger partial charge in [-0.25, -0.2) is 4.98 Å². The molecule has 0 unspecified atom stereocenters. The third kappa shape index (κ3) is 1.60. The number of rotatable bonds is 2. The number of hydrogen-bond acceptors (Lipinski definition) is 4. The number of aryl methyl sites for hydroxylation is 1. The van der Waals surface area contributed by atoms with E-state index in [-0.39, 0.29) is 0 Å². The van der Waals surface area contributed by atoms with Crippen LogP contribution in [0.15, 0.2) is 18.5 Å². The summed E-state index contributed by atoms with van der Waals surface area (Å²) in [7, 11) is 3.44. The molecule has 0 aliphatic rings. The molecule has 1 aromatic carbocycles. The lowest BCUT2D eigenvalue weighted by Crippen LogP contribution is -1.97. The lowest BCUT2D eigenvalue weighted by atomic mass is 10.1. The topological polar surface area (TPSA) is 66.0 Å². The molecule has 0 aliphatic heterocycles. The molecule has 2 aromatic rings. The highest BCUT2D eigenvalue weighted by Crippen LogP contribution is 2.32. The third-order valence-electron chi connectivity index (χ3n) is 2.48. The summed E-state index contributed by atoms with van der Waals surface area (Å²) in [5.41, 5.74) is 8.33. The first kappa shape index (κ1) is 10.5. The van der Waals surface area contributed by atoms with Crippen LogP contribution in [0, 0.1) is 6.92 Å². The monoisotopic (exact) mass is 218 g/mol. The minimum absolute atomic E-state index is 0.625. The number of aromatic nitrogens is 3. The Kier molecular flexibility index (Phi) is 2.52. The molecule has 0 saturated heterocycles. The first-order valence-corrected chi connectivity index (χ1v) is 4.92. The van der Waals surface area contributed by atoms with E-state index in [9.17, 15) is 0 Å². The molecule has 1 heterocycles. The Bertz CT molecular complexity index is 519. The van der Waals surface area contributed by atoms with Crippen molar-refractivity contribution in [1.29, 1.82) is 0 Å². The molecule has 0 fully saturated rings. The Labute approximate surface area is 93.9 Å². The van der Waals surface area contributed by atoms with E-state index in [1.54, 1.807) is 24.2 Å². The van der Waals surface area contributed by atoms with Crippen LogP contribution in [-0.4, -0.2) is 21.9 Å². The van der Waals surface area contributed by atoms with Gasteiger partial charge in [0.15, 0.2) is 5.82 Å². The molecule has 1 aromatic heterocycles. The Hall–Kier alpha value is -2.04. The Morgan fingerprint density at radius 1 is 1.38 bits per heavy atom. The number of nitrogen functional groups attached to an aromatic ring is 1. The van der Waals surface area contributed by atoms with E-state index in [0.717, 1.165) is 11.1 Å². The maximum Gasteiger partial charge on any atom is 0.181 e. The van der Waals surface area contributed by atoms with Crippen molar-refractivity contribution in [3.63, 3.8) is 0 Å². The summed E-state index contributed by atoms with van der Waals surface area (Å²) in [5, 5.41) is 4.26. The normalized spacial score (nSPS) is 10.4. The van der Waals surface area contributed by atoms with Gasteiger partial charge in [0, 0.05) is 18.2 Å². The van der Waals surface area contributed by atoms with Crippen molar-refractivity contribution in [2.24, 2.45) is 7.05 Å². The fourth-order valence-electron chi connectivity index (χ4n) is 1.69. The summed E-state index contributed by atoms with van der Waals surface area (Å²) in [4.78, 5) is 4.21. The molecular formula is C11H14N4O. The van der Waals surface area contributed by atoms with E-state index in [0.29, 0.717) is 17.3 Å². The van der Waals surface area contributed by atoms with Gasteiger partial charge >= 0.3 is 0 Å². The molecule has 0 amide bonds. The summed E-state index contributed by atoms with van der Waals surface area (Å²) in [6.45, 7) is 1.95. The highest BCUT2D eigenvalue weighted by Gasteiger charge is 2.12. The molecule has 0 atom stereocenters. The minimum atomic E-state index is 0.625. The molecule has 0 saturated carbocycles. The fourth-order valence-corrected chi connectivity index (χ4v) is 1.69. The van der Waals surface area contributed by atoms with Crippen molar-refractivity contribution in [2.45, 2.75) is 6.92 Å². The van der Waals surface area contributed by atoms with Crippen LogP contribution in [0.25, 0.3) is 11.4 Å². The van der Waals surface area contributed by atoms with E-state index in [2.05, 4.69) is 10.1 Å². The van der Waals surface area contributed by atoms with Gasteiger partial charge in [-0.05, 0) is 19.1 Å². The molecule has 84 valence electrons. The van der Waals surface area contributed by atoms with E-state index in [1.165, 1.54) is 0 Å². The van der Waals surface area contributed by atoms with E-state index in [4.69, 9.17) is 10.5 Å². The van der Waals surface area contributed by atoms with Gasteiger partial charge < -0.3 is 10.5 Å². The number of anilines is 1. The SMILES string of the molecule is COc1c(N)ccc(-c2ncn(C)n2)c1C. The average Bonchev–Trinajstić information content (AvgIpc) is 2.65. The lowest BCUT2D eigenvalue weighted by Gasteiger charge is -2.10. The molecular weight excluding hydrogens is 204 g/mol. The van der Waals surface area contributed by atoms with Gasteiger partial charge in [-0.1, -0.05) is 0 Å². The first-order chi connectivity index (χ1) is 7.63. The Morgan fingerprint density at radius 3 is 2.69 bits per heavy atom. The van der Waals surface area contributed by atoms with E-state index >= 15 is 0 Å². The average molecular weight is 218 g/mol. The van der Waals surface area contributed by atoms with Gasteiger partial charge in [0.1, 0.15) is 12.1 Å². The Morgan fingerprint density at radius 2 is 2.12 bits per heavy atom. The first-order valence-electron chi connectivity index (χ1n) is 4.92. The molecule has 0 bridgehead atoms. The van der Waals surface area contributed by atoms with Crippen LogP contribution in [0.2, 0.25) is 0 Å². The van der Waals surface area contributed by atoms with E-state index < -0.39 is 0 Å². The molecule has 0 spiro atoms. The zero-order valence-corrected chi connectivity index (χ0v) is 9.56. The zero-order chi connectivity index (χ0) is 11.7. The third-order valence-corrected chi connectivity index (χ3v) is 2.48. The van der Waals surface area contributed by atoms with Crippen LogP contribution in [0.4, 0.5) is 5.69 Å². The standard InChI is InChI=1S/C11H14N4O/c1-7-8(11-13-6-15(2)14-11)4-5-9(12)10(7)16-3/h4-6H,12H2,1-3H3. The summed E-state index contributed by atoms with van der Waals surface area (Å²) in [5.74, 6) is 1.36. The number of nitrogens with zero attached hydrogens (tertiary/aromatic N) is 3. The highest BCUT2D eigenvalue weighted by molar-refractivity contribution is 5.70. The van der Waals surface area contributed by atoms with Crippen LogP contribution >= 0.6 is 0 Å². The summed E-state index contributed by atoms with van der Waals surface area (Å²) >= 11 is 0. The van der Waals surface area contributed by atoms with E-state index in [1.807, 2.05) is 20.0 Å². The number of nitrogens with two attached hydrogens (primary N) is 1. The Balaban J connectivity index is 2.58. The summed E-state index contributed by atoms with van der Waals surface area (Å²) in [6.07, 6.45) is 1.66. The molecule has 2 rings (SSSR count). The van der Waals surface area contributed by atoms with Gasteiger partial charge in [0.05, 0.1) is 12.8 Å². The quantitative estimate of drug-likeness (QED) is 0.773.